The number of phenolic OH excluding ortho intramolecular Hbond substituents is 1. The summed E-state index contributed by atoms with van der Waals surface area (Å²) in [5.74, 6) is -3.49. The van der Waals surface area contributed by atoms with Gasteiger partial charge >= 0.3 is 11.9 Å². The van der Waals surface area contributed by atoms with E-state index < -0.39 is 29.2 Å². The van der Waals surface area contributed by atoms with Gasteiger partial charge in [-0.1, -0.05) is 36.4 Å². The molecule has 0 atom stereocenters. The van der Waals surface area contributed by atoms with E-state index in [0.717, 1.165) is 41.0 Å². The SMILES string of the molecule is CC(c1ccc(O)cc1)(c1ccc(NC(=O)/C=C/C(=O)O)cc1)c1ccc(NC(=O)/C=C/C(=O)O)cc1. The van der Waals surface area contributed by atoms with Crippen LogP contribution in [0.5, 0.6) is 5.75 Å². The molecule has 3 aromatic carbocycles. The lowest BCUT2D eigenvalue weighted by molar-refractivity contribution is -0.132. The Kier molecular flexibility index (Phi) is 8.21. The Balaban J connectivity index is 1.93. The van der Waals surface area contributed by atoms with E-state index in [1.807, 2.05) is 31.2 Å². The van der Waals surface area contributed by atoms with Gasteiger partial charge in [-0.25, -0.2) is 9.59 Å². The summed E-state index contributed by atoms with van der Waals surface area (Å²) in [6.07, 6.45) is 3.35. The third kappa shape index (κ3) is 6.92. The fraction of sp³-hybridized carbons (Fsp3) is 0.0714. The van der Waals surface area contributed by atoms with Gasteiger partial charge in [0.2, 0.25) is 11.8 Å². The minimum atomic E-state index is -1.22. The molecule has 0 aliphatic rings. The van der Waals surface area contributed by atoms with Gasteiger partial charge in [0.15, 0.2) is 0 Å². The number of carboxylic acid groups (broad SMARTS) is 2. The van der Waals surface area contributed by atoms with Crippen LogP contribution in [0.25, 0.3) is 0 Å². The number of aromatic hydroxyl groups is 1. The van der Waals surface area contributed by atoms with Gasteiger partial charge in [-0.15, -0.1) is 0 Å². The first kappa shape index (κ1) is 26.4. The van der Waals surface area contributed by atoms with Crippen molar-refractivity contribution in [3.63, 3.8) is 0 Å². The first-order valence-electron chi connectivity index (χ1n) is 11.0. The molecule has 0 aliphatic heterocycles. The second kappa shape index (κ2) is 11.5. The normalized spacial score (nSPS) is 11.4. The molecule has 9 heteroatoms. The van der Waals surface area contributed by atoms with Gasteiger partial charge in [0.25, 0.3) is 0 Å². The van der Waals surface area contributed by atoms with Gasteiger partial charge in [0, 0.05) is 41.1 Å². The lowest BCUT2D eigenvalue weighted by Gasteiger charge is -2.32. The fourth-order valence-electron chi connectivity index (χ4n) is 3.73. The minimum absolute atomic E-state index is 0.117. The number of carbonyl (C=O) groups excluding carboxylic acids is 2. The molecule has 0 aromatic heterocycles. The van der Waals surface area contributed by atoms with E-state index in [1.54, 1.807) is 48.5 Å². The molecule has 0 fully saturated rings. The first-order valence-corrected chi connectivity index (χ1v) is 11.0. The van der Waals surface area contributed by atoms with Gasteiger partial charge < -0.3 is 26.0 Å². The molecule has 0 saturated heterocycles. The Morgan fingerprint density at radius 1 is 0.595 bits per heavy atom. The number of amides is 2. The topological polar surface area (TPSA) is 153 Å². The van der Waals surface area contributed by atoms with Crippen LogP contribution in [0, 0.1) is 0 Å². The van der Waals surface area contributed by atoms with Crippen LogP contribution in [-0.2, 0) is 24.6 Å². The highest BCUT2D eigenvalue weighted by Crippen LogP contribution is 2.40. The summed E-state index contributed by atoms with van der Waals surface area (Å²) in [7, 11) is 0. The number of hydrogen-bond acceptors (Lipinski definition) is 5. The minimum Gasteiger partial charge on any atom is -0.508 e. The highest BCUT2D eigenvalue weighted by molar-refractivity contribution is 6.03. The summed E-state index contributed by atoms with van der Waals surface area (Å²) in [6.45, 7) is 1.99. The number of anilines is 2. The van der Waals surface area contributed by atoms with Crippen molar-refractivity contribution >= 4 is 35.1 Å². The third-order valence-electron chi connectivity index (χ3n) is 5.66. The largest absolute Gasteiger partial charge is 0.508 e. The van der Waals surface area contributed by atoms with Crippen LogP contribution in [0.2, 0.25) is 0 Å². The average molecular weight is 501 g/mol. The highest BCUT2D eigenvalue weighted by atomic mass is 16.4. The maximum absolute atomic E-state index is 11.9. The molecule has 0 unspecified atom stereocenters. The molecule has 0 saturated carbocycles. The highest BCUT2D eigenvalue weighted by Gasteiger charge is 2.31. The van der Waals surface area contributed by atoms with Crippen molar-refractivity contribution in [1.82, 2.24) is 0 Å². The van der Waals surface area contributed by atoms with Gasteiger partial charge in [-0.05, 0) is 60.0 Å². The van der Waals surface area contributed by atoms with Gasteiger partial charge in [-0.2, -0.15) is 0 Å². The molecule has 188 valence electrons. The van der Waals surface area contributed by atoms with Crippen LogP contribution >= 0.6 is 0 Å². The number of carbonyl (C=O) groups is 4. The van der Waals surface area contributed by atoms with Gasteiger partial charge in [0.1, 0.15) is 5.75 Å². The zero-order valence-electron chi connectivity index (χ0n) is 19.7. The van der Waals surface area contributed by atoms with Crippen molar-refractivity contribution in [1.29, 1.82) is 0 Å². The molecule has 0 heterocycles. The Morgan fingerprint density at radius 3 is 1.24 bits per heavy atom. The maximum Gasteiger partial charge on any atom is 0.328 e. The van der Waals surface area contributed by atoms with E-state index in [2.05, 4.69) is 10.6 Å². The first-order chi connectivity index (χ1) is 17.6. The molecular weight excluding hydrogens is 476 g/mol. The Morgan fingerprint density at radius 2 is 0.919 bits per heavy atom. The van der Waals surface area contributed by atoms with Gasteiger partial charge in [0.05, 0.1) is 0 Å². The predicted molar refractivity (Wildman–Crippen MR) is 137 cm³/mol. The zero-order valence-corrected chi connectivity index (χ0v) is 19.7. The molecule has 0 bridgehead atoms. The summed E-state index contributed by atoms with van der Waals surface area (Å²) < 4.78 is 0. The number of phenols is 1. The molecule has 9 nitrogen and oxygen atoms in total. The second-order valence-corrected chi connectivity index (χ2v) is 8.15. The van der Waals surface area contributed by atoms with Crippen LogP contribution < -0.4 is 10.6 Å². The Bertz CT molecular complexity index is 1280. The molecule has 0 spiro atoms. The molecule has 37 heavy (non-hydrogen) atoms. The van der Waals surface area contributed by atoms with Crippen LogP contribution in [0.15, 0.2) is 97.1 Å². The lowest BCUT2D eigenvalue weighted by atomic mass is 9.71. The van der Waals surface area contributed by atoms with Crippen molar-refractivity contribution in [2.45, 2.75) is 12.3 Å². The number of aliphatic carboxylic acids is 2. The standard InChI is InChI=1S/C28H24N2O7/c1-28(20-6-12-23(31)13-7-20,18-2-8-21(9-3-18)29-24(32)14-16-26(34)35)19-4-10-22(11-5-19)30-25(33)15-17-27(36)37/h2-17,31H,1H3,(H,29,32)(H,30,33)(H,34,35)(H,36,37)/b16-14+,17-15+. The van der Waals surface area contributed by atoms with Crippen molar-refractivity contribution < 1.29 is 34.5 Å². The van der Waals surface area contributed by atoms with Crippen molar-refractivity contribution in [3.8, 4) is 5.75 Å². The van der Waals surface area contributed by atoms with Crippen molar-refractivity contribution in [3.05, 3.63) is 114 Å². The van der Waals surface area contributed by atoms with Crippen LogP contribution in [0.1, 0.15) is 23.6 Å². The number of carboxylic acids is 2. The molecule has 0 radical (unpaired) electrons. The average Bonchev–Trinajstić information content (AvgIpc) is 2.87. The smallest absolute Gasteiger partial charge is 0.328 e. The van der Waals surface area contributed by atoms with E-state index in [-0.39, 0.29) is 5.75 Å². The Labute approximate surface area is 212 Å². The van der Waals surface area contributed by atoms with Gasteiger partial charge in [-0.3, -0.25) is 9.59 Å². The van der Waals surface area contributed by atoms with Crippen LogP contribution in [-0.4, -0.2) is 39.1 Å². The summed E-state index contributed by atoms with van der Waals surface area (Å²) in [6, 6.07) is 20.9. The molecule has 3 aromatic rings. The zero-order chi connectivity index (χ0) is 27.0. The van der Waals surface area contributed by atoms with E-state index in [9.17, 15) is 24.3 Å². The number of benzene rings is 3. The molecule has 0 aliphatic carbocycles. The summed E-state index contributed by atoms with van der Waals surface area (Å²) >= 11 is 0. The lowest BCUT2D eigenvalue weighted by Crippen LogP contribution is -2.25. The summed E-state index contributed by atoms with van der Waals surface area (Å²) in [4.78, 5) is 45.0. The molecular formula is C28H24N2O7. The number of hydrogen-bond donors (Lipinski definition) is 5. The van der Waals surface area contributed by atoms with Crippen molar-refractivity contribution in [2.24, 2.45) is 0 Å². The van der Waals surface area contributed by atoms with Crippen LogP contribution in [0.3, 0.4) is 0 Å². The van der Waals surface area contributed by atoms with Crippen LogP contribution in [0.4, 0.5) is 11.4 Å². The number of rotatable bonds is 9. The second-order valence-electron chi connectivity index (χ2n) is 8.15. The van der Waals surface area contributed by atoms with E-state index in [0.29, 0.717) is 11.4 Å². The quantitative estimate of drug-likeness (QED) is 0.221. The van der Waals surface area contributed by atoms with E-state index >= 15 is 0 Å². The molecule has 2 amide bonds. The summed E-state index contributed by atoms with van der Waals surface area (Å²) in [5.41, 5.74) is 2.84. The number of nitrogens with one attached hydrogen (secondary N) is 2. The molecule has 5 N–H and O–H groups in total. The van der Waals surface area contributed by atoms with E-state index in [4.69, 9.17) is 10.2 Å². The Hall–Kier alpha value is -5.18. The van der Waals surface area contributed by atoms with E-state index in [1.165, 1.54) is 0 Å². The maximum atomic E-state index is 11.9. The third-order valence-corrected chi connectivity index (χ3v) is 5.66. The predicted octanol–water partition coefficient (Wildman–Crippen LogP) is 3.91. The summed E-state index contributed by atoms with van der Waals surface area (Å²) in [5, 5.41) is 32.3. The van der Waals surface area contributed by atoms with Crippen molar-refractivity contribution in [2.75, 3.05) is 10.6 Å². The fourth-order valence-corrected chi connectivity index (χ4v) is 3.73. The monoisotopic (exact) mass is 500 g/mol. The molecule has 3 rings (SSSR count).